The number of anilines is 1. The van der Waals surface area contributed by atoms with Crippen molar-refractivity contribution in [3.63, 3.8) is 0 Å². The van der Waals surface area contributed by atoms with Crippen LogP contribution in [-0.4, -0.2) is 31.1 Å². The lowest BCUT2D eigenvalue weighted by molar-refractivity contribution is -0.115. The average molecular weight is 288 g/mol. The quantitative estimate of drug-likeness (QED) is 0.879. The zero-order valence-corrected chi connectivity index (χ0v) is 12.2. The molecule has 0 bridgehead atoms. The summed E-state index contributed by atoms with van der Waals surface area (Å²) < 4.78 is 0. The molecule has 3 rings (SSSR count). The second-order valence-electron chi connectivity index (χ2n) is 5.44. The molecular formula is C14H20N6O. The van der Waals surface area contributed by atoms with Crippen LogP contribution in [-0.2, 0) is 17.8 Å². The molecule has 2 aromatic rings. The Morgan fingerprint density at radius 1 is 1.48 bits per heavy atom. The van der Waals surface area contributed by atoms with Crippen molar-refractivity contribution in [2.45, 2.75) is 51.5 Å². The first-order valence-electron chi connectivity index (χ1n) is 7.48. The summed E-state index contributed by atoms with van der Waals surface area (Å²) >= 11 is 0. The van der Waals surface area contributed by atoms with E-state index in [9.17, 15) is 4.79 Å². The minimum Gasteiger partial charge on any atom is -0.309 e. The molecule has 0 atom stereocenters. The largest absolute Gasteiger partial charge is 0.309 e. The fourth-order valence-electron chi connectivity index (χ4n) is 2.76. The third-order valence-electron chi connectivity index (χ3n) is 3.87. The summed E-state index contributed by atoms with van der Waals surface area (Å²) in [4.78, 5) is 13.5. The van der Waals surface area contributed by atoms with Crippen LogP contribution in [0.1, 0.15) is 49.9 Å². The predicted molar refractivity (Wildman–Crippen MR) is 77.8 cm³/mol. The number of nitrogens with one attached hydrogen (secondary N) is 2. The highest BCUT2D eigenvalue weighted by molar-refractivity contribution is 5.91. The van der Waals surface area contributed by atoms with E-state index >= 15 is 0 Å². The molecule has 7 heteroatoms. The van der Waals surface area contributed by atoms with Gasteiger partial charge in [-0.2, -0.15) is 20.1 Å². The van der Waals surface area contributed by atoms with Crippen molar-refractivity contribution < 1.29 is 4.79 Å². The molecule has 1 aliphatic rings. The van der Waals surface area contributed by atoms with Gasteiger partial charge in [-0.1, -0.05) is 12.8 Å². The minimum absolute atomic E-state index is 0.123. The Morgan fingerprint density at radius 3 is 3.00 bits per heavy atom. The molecule has 1 fully saturated rings. The molecule has 21 heavy (non-hydrogen) atoms. The topological polar surface area (TPSA) is 88.5 Å². The SMILES string of the molecule is CCn1ncc(CC(=O)Nc2cc(C3CCCC3)[nH]n2)n1. The molecule has 0 aliphatic heterocycles. The monoisotopic (exact) mass is 288 g/mol. The first-order chi connectivity index (χ1) is 10.2. The number of amides is 1. The second-order valence-corrected chi connectivity index (χ2v) is 5.44. The van der Waals surface area contributed by atoms with Crippen molar-refractivity contribution in [2.24, 2.45) is 0 Å². The van der Waals surface area contributed by atoms with Crippen LogP contribution in [0.25, 0.3) is 0 Å². The molecule has 1 aliphatic carbocycles. The maximum absolute atomic E-state index is 12.0. The lowest BCUT2D eigenvalue weighted by Gasteiger charge is -2.03. The van der Waals surface area contributed by atoms with Gasteiger partial charge in [-0.05, 0) is 19.8 Å². The van der Waals surface area contributed by atoms with Gasteiger partial charge in [0.15, 0.2) is 5.82 Å². The lowest BCUT2D eigenvalue weighted by atomic mass is 10.0. The molecule has 1 amide bonds. The fraction of sp³-hybridized carbons (Fsp3) is 0.571. The van der Waals surface area contributed by atoms with Crippen LogP contribution in [0.2, 0.25) is 0 Å². The number of carbonyl (C=O) groups excluding carboxylic acids is 1. The molecule has 112 valence electrons. The first kappa shape index (κ1) is 13.8. The summed E-state index contributed by atoms with van der Waals surface area (Å²) in [5.41, 5.74) is 1.79. The molecule has 1 saturated carbocycles. The summed E-state index contributed by atoms with van der Waals surface area (Å²) in [5.74, 6) is 1.03. The molecule has 2 N–H and O–H groups in total. The molecule has 0 spiro atoms. The minimum atomic E-state index is -0.123. The Labute approximate surface area is 123 Å². The molecule has 0 unspecified atom stereocenters. The van der Waals surface area contributed by atoms with Gasteiger partial charge in [0, 0.05) is 17.7 Å². The van der Waals surface area contributed by atoms with E-state index in [-0.39, 0.29) is 12.3 Å². The summed E-state index contributed by atoms with van der Waals surface area (Å²) in [6, 6.07) is 1.94. The number of H-pyrrole nitrogens is 1. The van der Waals surface area contributed by atoms with Crippen LogP contribution in [0.5, 0.6) is 0 Å². The first-order valence-corrected chi connectivity index (χ1v) is 7.48. The number of hydrogen-bond acceptors (Lipinski definition) is 4. The van der Waals surface area contributed by atoms with Gasteiger partial charge < -0.3 is 5.32 Å². The number of hydrogen-bond donors (Lipinski definition) is 2. The molecule has 2 aromatic heterocycles. The third-order valence-corrected chi connectivity index (χ3v) is 3.87. The Kier molecular flexibility index (Phi) is 3.98. The van der Waals surface area contributed by atoms with Crippen molar-refractivity contribution in [1.29, 1.82) is 0 Å². The zero-order valence-electron chi connectivity index (χ0n) is 12.2. The molecule has 0 aromatic carbocycles. The predicted octanol–water partition coefficient (Wildman–Crippen LogP) is 1.86. The van der Waals surface area contributed by atoms with E-state index in [0.29, 0.717) is 24.0 Å². The van der Waals surface area contributed by atoms with Gasteiger partial charge in [-0.25, -0.2) is 0 Å². The standard InChI is InChI=1S/C14H20N6O/c1-2-20-15-9-11(19-20)7-14(21)16-13-8-12(17-18-13)10-5-3-4-6-10/h8-10H,2-7H2,1H3,(H2,16,17,18,21). The summed E-state index contributed by atoms with van der Waals surface area (Å²) in [5, 5.41) is 18.3. The Morgan fingerprint density at radius 2 is 2.29 bits per heavy atom. The average Bonchev–Trinajstić information content (AvgIpc) is 3.19. The maximum atomic E-state index is 12.0. The Bertz CT molecular complexity index is 611. The van der Waals surface area contributed by atoms with E-state index in [2.05, 4.69) is 25.7 Å². The Balaban J connectivity index is 1.57. The highest BCUT2D eigenvalue weighted by Gasteiger charge is 2.19. The molecular weight excluding hydrogens is 268 g/mol. The number of rotatable bonds is 5. The van der Waals surface area contributed by atoms with Crippen molar-refractivity contribution >= 4 is 11.7 Å². The highest BCUT2D eigenvalue weighted by atomic mass is 16.1. The van der Waals surface area contributed by atoms with Crippen LogP contribution < -0.4 is 5.32 Å². The normalized spacial score (nSPS) is 15.5. The van der Waals surface area contributed by atoms with E-state index in [1.54, 1.807) is 11.0 Å². The van der Waals surface area contributed by atoms with Crippen LogP contribution in [0.3, 0.4) is 0 Å². The van der Waals surface area contributed by atoms with Gasteiger partial charge in [0.05, 0.1) is 24.9 Å². The van der Waals surface area contributed by atoms with Gasteiger partial charge in [0.1, 0.15) is 0 Å². The van der Waals surface area contributed by atoms with Crippen LogP contribution in [0.4, 0.5) is 5.82 Å². The van der Waals surface area contributed by atoms with Crippen molar-refractivity contribution in [3.05, 3.63) is 23.7 Å². The van der Waals surface area contributed by atoms with Crippen molar-refractivity contribution in [3.8, 4) is 0 Å². The molecule has 2 heterocycles. The van der Waals surface area contributed by atoms with Gasteiger partial charge in [-0.3, -0.25) is 9.89 Å². The van der Waals surface area contributed by atoms with E-state index < -0.39 is 0 Å². The summed E-state index contributed by atoms with van der Waals surface area (Å²) in [7, 11) is 0. The number of nitrogens with zero attached hydrogens (tertiary/aromatic N) is 4. The smallest absolute Gasteiger partial charge is 0.231 e. The zero-order chi connectivity index (χ0) is 14.7. The maximum Gasteiger partial charge on any atom is 0.231 e. The highest BCUT2D eigenvalue weighted by Crippen LogP contribution is 2.33. The lowest BCUT2D eigenvalue weighted by Crippen LogP contribution is -2.15. The van der Waals surface area contributed by atoms with E-state index in [0.717, 1.165) is 5.69 Å². The number of aromatic amines is 1. The third kappa shape index (κ3) is 3.29. The molecule has 0 saturated heterocycles. The fourth-order valence-corrected chi connectivity index (χ4v) is 2.76. The number of aryl methyl sites for hydroxylation is 1. The molecule has 7 nitrogen and oxygen atoms in total. The second kappa shape index (κ2) is 6.07. The van der Waals surface area contributed by atoms with Gasteiger partial charge in [-0.15, -0.1) is 0 Å². The van der Waals surface area contributed by atoms with E-state index in [1.807, 2.05) is 13.0 Å². The van der Waals surface area contributed by atoms with Gasteiger partial charge in [0.2, 0.25) is 5.91 Å². The van der Waals surface area contributed by atoms with E-state index in [1.165, 1.54) is 25.7 Å². The molecule has 0 radical (unpaired) electrons. The van der Waals surface area contributed by atoms with Crippen LogP contribution >= 0.6 is 0 Å². The van der Waals surface area contributed by atoms with Crippen molar-refractivity contribution in [2.75, 3.05) is 5.32 Å². The van der Waals surface area contributed by atoms with Gasteiger partial charge in [0.25, 0.3) is 0 Å². The summed E-state index contributed by atoms with van der Waals surface area (Å²) in [6.45, 7) is 2.66. The summed E-state index contributed by atoms with van der Waals surface area (Å²) in [6.07, 6.45) is 6.80. The van der Waals surface area contributed by atoms with E-state index in [4.69, 9.17) is 0 Å². The van der Waals surface area contributed by atoms with Crippen LogP contribution in [0, 0.1) is 0 Å². The van der Waals surface area contributed by atoms with Crippen LogP contribution in [0.15, 0.2) is 12.3 Å². The number of aromatic nitrogens is 5. The van der Waals surface area contributed by atoms with Crippen molar-refractivity contribution in [1.82, 2.24) is 25.2 Å². The Hall–Kier alpha value is -2.18. The number of carbonyl (C=O) groups is 1. The van der Waals surface area contributed by atoms with Gasteiger partial charge >= 0.3 is 0 Å².